The Morgan fingerprint density at radius 2 is 2.22 bits per heavy atom. The lowest BCUT2D eigenvalue weighted by atomic mass is 10.1. The Bertz CT molecular complexity index is 389. The first kappa shape index (κ1) is 12.1. The smallest absolute Gasteiger partial charge is 0.0544 e. The summed E-state index contributed by atoms with van der Waals surface area (Å²) in [6, 6.07) is 5.00. The molecule has 0 radical (unpaired) electrons. The second-order valence-electron chi connectivity index (χ2n) is 5.43. The molecule has 0 bridgehead atoms. The lowest BCUT2D eigenvalue weighted by molar-refractivity contribution is 0.0984. The first-order valence-corrected chi connectivity index (χ1v) is 6.95. The van der Waals surface area contributed by atoms with Crippen molar-refractivity contribution in [1.82, 2.24) is 14.8 Å². The molecule has 3 rings (SSSR count). The van der Waals surface area contributed by atoms with Crippen molar-refractivity contribution in [3.05, 3.63) is 29.6 Å². The highest BCUT2D eigenvalue weighted by Gasteiger charge is 2.30. The fraction of sp³-hybridized carbons (Fsp3) is 0.643. The van der Waals surface area contributed by atoms with E-state index in [-0.39, 0.29) is 0 Å². The van der Waals surface area contributed by atoms with E-state index in [0.29, 0.717) is 6.54 Å². The lowest BCUT2D eigenvalue weighted by Crippen LogP contribution is -2.49. The Balaban J connectivity index is 1.58. The Hall–Kier alpha value is -0.970. The molecule has 98 valence electrons. The molecule has 2 aliphatic rings. The van der Waals surface area contributed by atoms with E-state index in [4.69, 9.17) is 5.73 Å². The summed E-state index contributed by atoms with van der Waals surface area (Å²) in [5, 5.41) is 0. The molecule has 0 aliphatic carbocycles. The molecule has 2 fully saturated rings. The van der Waals surface area contributed by atoms with E-state index in [1.165, 1.54) is 44.7 Å². The van der Waals surface area contributed by atoms with Gasteiger partial charge < -0.3 is 5.73 Å². The van der Waals surface area contributed by atoms with Gasteiger partial charge in [0.2, 0.25) is 0 Å². The summed E-state index contributed by atoms with van der Waals surface area (Å²) in [6.45, 7) is 6.48. The second kappa shape index (κ2) is 5.34. The van der Waals surface area contributed by atoms with Gasteiger partial charge in [0.15, 0.2) is 0 Å². The van der Waals surface area contributed by atoms with Crippen LogP contribution in [-0.4, -0.2) is 47.0 Å². The van der Waals surface area contributed by atoms with E-state index in [1.807, 2.05) is 6.20 Å². The molecule has 4 nitrogen and oxygen atoms in total. The fourth-order valence-corrected chi connectivity index (χ4v) is 3.10. The maximum absolute atomic E-state index is 5.59. The second-order valence-corrected chi connectivity index (χ2v) is 5.43. The van der Waals surface area contributed by atoms with Crippen LogP contribution in [0, 0.1) is 0 Å². The molecular weight excluding hydrogens is 224 g/mol. The summed E-state index contributed by atoms with van der Waals surface area (Å²) < 4.78 is 0. The molecule has 2 aliphatic heterocycles. The third-order valence-corrected chi connectivity index (χ3v) is 4.18. The largest absolute Gasteiger partial charge is 0.326 e. The third kappa shape index (κ3) is 2.55. The van der Waals surface area contributed by atoms with E-state index in [1.54, 1.807) is 0 Å². The Labute approximate surface area is 109 Å². The number of aromatic nitrogens is 1. The van der Waals surface area contributed by atoms with Gasteiger partial charge in [-0.05, 0) is 31.0 Å². The lowest BCUT2D eigenvalue weighted by Gasteiger charge is -2.37. The minimum Gasteiger partial charge on any atom is -0.326 e. The maximum atomic E-state index is 5.59. The molecule has 2 saturated heterocycles. The van der Waals surface area contributed by atoms with Crippen LogP contribution in [0.2, 0.25) is 0 Å². The van der Waals surface area contributed by atoms with Crippen LogP contribution in [0.3, 0.4) is 0 Å². The molecule has 0 aromatic carbocycles. The maximum Gasteiger partial charge on any atom is 0.0544 e. The van der Waals surface area contributed by atoms with Gasteiger partial charge in [0.05, 0.1) is 5.69 Å². The van der Waals surface area contributed by atoms with Crippen LogP contribution in [0.25, 0.3) is 0 Å². The van der Waals surface area contributed by atoms with Gasteiger partial charge in [-0.15, -0.1) is 0 Å². The van der Waals surface area contributed by atoms with Crippen LogP contribution in [0.15, 0.2) is 18.3 Å². The monoisotopic (exact) mass is 246 g/mol. The quantitative estimate of drug-likeness (QED) is 0.857. The number of fused-ring (bicyclic) bond motifs is 1. The molecule has 0 saturated carbocycles. The highest BCUT2D eigenvalue weighted by atomic mass is 15.3. The summed E-state index contributed by atoms with van der Waals surface area (Å²) in [4.78, 5) is 9.67. The topological polar surface area (TPSA) is 45.4 Å². The van der Waals surface area contributed by atoms with Crippen LogP contribution in [-0.2, 0) is 13.1 Å². The molecule has 2 N–H and O–H groups in total. The molecule has 4 heteroatoms. The summed E-state index contributed by atoms with van der Waals surface area (Å²) in [7, 11) is 0. The predicted octanol–water partition coefficient (Wildman–Crippen LogP) is 0.820. The van der Waals surface area contributed by atoms with Crippen molar-refractivity contribution in [2.75, 3.05) is 26.2 Å². The molecule has 1 atom stereocenters. The van der Waals surface area contributed by atoms with E-state index in [9.17, 15) is 0 Å². The fourth-order valence-electron chi connectivity index (χ4n) is 3.10. The van der Waals surface area contributed by atoms with Crippen molar-refractivity contribution in [3.63, 3.8) is 0 Å². The zero-order valence-corrected chi connectivity index (χ0v) is 10.9. The zero-order valence-electron chi connectivity index (χ0n) is 10.9. The van der Waals surface area contributed by atoms with Gasteiger partial charge in [-0.3, -0.25) is 14.8 Å². The molecular formula is C14H22N4. The normalized spacial score (nSPS) is 25.3. The standard InChI is InChI=1S/C14H22N4/c15-8-12-3-4-13(16-9-12)10-17-6-7-18-5-1-2-14(18)11-17/h3-4,9,14H,1-2,5-8,10-11,15H2. The number of piperazine rings is 1. The Morgan fingerprint density at radius 1 is 1.28 bits per heavy atom. The molecule has 0 spiro atoms. The molecule has 1 aromatic rings. The van der Waals surface area contributed by atoms with Gasteiger partial charge in [-0.2, -0.15) is 0 Å². The number of nitrogens with zero attached hydrogens (tertiary/aromatic N) is 3. The first-order chi connectivity index (χ1) is 8.85. The van der Waals surface area contributed by atoms with Crippen LogP contribution < -0.4 is 5.73 Å². The van der Waals surface area contributed by atoms with Crippen molar-refractivity contribution in [2.45, 2.75) is 32.0 Å². The molecule has 1 unspecified atom stereocenters. The van der Waals surface area contributed by atoms with Gasteiger partial charge in [-0.1, -0.05) is 6.07 Å². The van der Waals surface area contributed by atoms with Gasteiger partial charge in [0.25, 0.3) is 0 Å². The van der Waals surface area contributed by atoms with Crippen molar-refractivity contribution < 1.29 is 0 Å². The average Bonchev–Trinajstić information content (AvgIpc) is 2.87. The third-order valence-electron chi connectivity index (χ3n) is 4.18. The number of hydrogen-bond donors (Lipinski definition) is 1. The van der Waals surface area contributed by atoms with Gasteiger partial charge in [-0.25, -0.2) is 0 Å². The summed E-state index contributed by atoms with van der Waals surface area (Å²) in [5.74, 6) is 0. The van der Waals surface area contributed by atoms with E-state index < -0.39 is 0 Å². The predicted molar refractivity (Wildman–Crippen MR) is 72.0 cm³/mol. The van der Waals surface area contributed by atoms with Crippen LogP contribution in [0.1, 0.15) is 24.1 Å². The summed E-state index contributed by atoms with van der Waals surface area (Å²) in [5.41, 5.74) is 7.86. The van der Waals surface area contributed by atoms with Gasteiger partial charge in [0.1, 0.15) is 0 Å². The van der Waals surface area contributed by atoms with E-state index in [2.05, 4.69) is 26.9 Å². The molecule has 1 aromatic heterocycles. The zero-order chi connectivity index (χ0) is 12.4. The van der Waals surface area contributed by atoms with E-state index in [0.717, 1.165) is 18.2 Å². The van der Waals surface area contributed by atoms with Crippen LogP contribution >= 0.6 is 0 Å². The highest BCUT2D eigenvalue weighted by Crippen LogP contribution is 2.22. The van der Waals surface area contributed by atoms with E-state index >= 15 is 0 Å². The van der Waals surface area contributed by atoms with Crippen molar-refractivity contribution >= 4 is 0 Å². The Morgan fingerprint density at radius 3 is 3.00 bits per heavy atom. The van der Waals surface area contributed by atoms with Crippen molar-refractivity contribution in [1.29, 1.82) is 0 Å². The van der Waals surface area contributed by atoms with Gasteiger partial charge >= 0.3 is 0 Å². The first-order valence-electron chi connectivity index (χ1n) is 6.95. The molecule has 18 heavy (non-hydrogen) atoms. The average molecular weight is 246 g/mol. The number of hydrogen-bond acceptors (Lipinski definition) is 4. The van der Waals surface area contributed by atoms with Crippen LogP contribution in [0.5, 0.6) is 0 Å². The van der Waals surface area contributed by atoms with Gasteiger partial charge in [0, 0.05) is 45.0 Å². The number of rotatable bonds is 3. The minimum absolute atomic E-state index is 0.577. The number of nitrogens with two attached hydrogens (primary N) is 1. The SMILES string of the molecule is NCc1ccc(CN2CCN3CCCC3C2)nc1. The minimum atomic E-state index is 0.577. The Kier molecular flexibility index (Phi) is 3.59. The summed E-state index contributed by atoms with van der Waals surface area (Å²) in [6.07, 6.45) is 4.65. The molecule has 3 heterocycles. The molecule has 0 amide bonds. The highest BCUT2D eigenvalue weighted by molar-refractivity contribution is 5.13. The van der Waals surface area contributed by atoms with Crippen molar-refractivity contribution in [3.8, 4) is 0 Å². The van der Waals surface area contributed by atoms with Crippen molar-refractivity contribution in [2.24, 2.45) is 5.73 Å². The summed E-state index contributed by atoms with van der Waals surface area (Å²) >= 11 is 0. The number of pyridine rings is 1. The van der Waals surface area contributed by atoms with Crippen LogP contribution in [0.4, 0.5) is 0 Å².